The molecule has 132 valence electrons. The topological polar surface area (TPSA) is 45.7 Å². The van der Waals surface area contributed by atoms with Crippen LogP contribution in [-0.2, 0) is 11.2 Å². The quantitative estimate of drug-likeness (QED) is 0.429. The summed E-state index contributed by atoms with van der Waals surface area (Å²) in [5, 5.41) is 7.01. The molecule has 2 N–H and O–H groups in total. The number of benzene rings is 1. The molecule has 4 nitrogen and oxygen atoms in total. The number of nitrogens with one attached hydrogen (secondary N) is 2. The highest BCUT2D eigenvalue weighted by atomic mass is 127. The summed E-state index contributed by atoms with van der Waals surface area (Å²) in [6, 6.07) is 9.26. The van der Waals surface area contributed by atoms with E-state index in [1.165, 1.54) is 36.8 Å². The van der Waals surface area contributed by atoms with Gasteiger partial charge in [0.2, 0.25) is 0 Å². The van der Waals surface area contributed by atoms with Crippen molar-refractivity contribution in [2.45, 2.75) is 63.2 Å². The van der Waals surface area contributed by atoms with E-state index < -0.39 is 0 Å². The molecule has 3 aliphatic rings. The molecular weight excluding hydrogens is 413 g/mol. The Morgan fingerprint density at radius 1 is 1.25 bits per heavy atom. The number of fused-ring (bicyclic) bond motifs is 3. The monoisotopic (exact) mass is 441 g/mol. The predicted molar refractivity (Wildman–Crippen MR) is 108 cm³/mol. The van der Waals surface area contributed by atoms with E-state index in [1.807, 2.05) is 0 Å². The molecule has 2 heterocycles. The maximum atomic E-state index is 5.94. The van der Waals surface area contributed by atoms with Crippen LogP contribution in [0.5, 0.6) is 0 Å². The van der Waals surface area contributed by atoms with Crippen molar-refractivity contribution in [3.05, 3.63) is 35.4 Å². The molecule has 0 radical (unpaired) electrons. The van der Waals surface area contributed by atoms with Crippen molar-refractivity contribution in [3.63, 3.8) is 0 Å². The van der Waals surface area contributed by atoms with Crippen LogP contribution in [0, 0.1) is 0 Å². The van der Waals surface area contributed by atoms with Crippen molar-refractivity contribution in [3.8, 4) is 0 Å². The van der Waals surface area contributed by atoms with Gasteiger partial charge >= 0.3 is 0 Å². The summed E-state index contributed by atoms with van der Waals surface area (Å²) >= 11 is 0. The molecule has 5 heteroatoms. The lowest BCUT2D eigenvalue weighted by Crippen LogP contribution is -2.47. The van der Waals surface area contributed by atoms with Crippen LogP contribution in [0.25, 0.3) is 0 Å². The van der Waals surface area contributed by atoms with Crippen molar-refractivity contribution < 1.29 is 4.74 Å². The van der Waals surface area contributed by atoms with Crippen LogP contribution in [0.2, 0.25) is 0 Å². The Morgan fingerprint density at radius 3 is 2.88 bits per heavy atom. The highest BCUT2D eigenvalue weighted by Gasteiger charge is 2.41. The smallest absolute Gasteiger partial charge is 0.191 e. The van der Waals surface area contributed by atoms with E-state index in [0.717, 1.165) is 25.5 Å². The zero-order valence-corrected chi connectivity index (χ0v) is 16.7. The van der Waals surface area contributed by atoms with Gasteiger partial charge in [0.1, 0.15) is 0 Å². The Labute approximate surface area is 161 Å². The molecule has 2 bridgehead atoms. The lowest BCUT2D eigenvalue weighted by molar-refractivity contribution is 0.0992. The van der Waals surface area contributed by atoms with E-state index in [2.05, 4.69) is 41.8 Å². The van der Waals surface area contributed by atoms with Crippen molar-refractivity contribution >= 4 is 29.9 Å². The maximum absolute atomic E-state index is 5.94. The standard InChI is InChI=1S/C19H27N3O.HI/c1-2-20-19(22-17-11-15-9-10-18(17)23-15)21-12-14-8-7-13-5-3-4-6-16(13)14;/h3-6,14-15,17-18H,2,7-12H2,1H3,(H2,20,21,22);1H. The molecule has 4 atom stereocenters. The SMILES string of the molecule is CCNC(=NCC1CCc2ccccc21)NC1CC2CCC1O2.I. The third-order valence-corrected chi connectivity index (χ3v) is 5.50. The molecule has 1 aliphatic carbocycles. The second-order valence-corrected chi connectivity index (χ2v) is 7.01. The van der Waals surface area contributed by atoms with Gasteiger partial charge in [0, 0.05) is 19.0 Å². The van der Waals surface area contributed by atoms with Gasteiger partial charge in [0.15, 0.2) is 5.96 Å². The Morgan fingerprint density at radius 2 is 2.12 bits per heavy atom. The third-order valence-electron chi connectivity index (χ3n) is 5.50. The molecule has 0 aromatic heterocycles. The van der Waals surface area contributed by atoms with Gasteiger partial charge in [-0.05, 0) is 50.2 Å². The number of aryl methyl sites for hydroxylation is 1. The van der Waals surface area contributed by atoms with E-state index in [-0.39, 0.29) is 24.0 Å². The number of halogens is 1. The molecule has 0 spiro atoms. The first kappa shape index (κ1) is 18.0. The first-order chi connectivity index (χ1) is 11.3. The zero-order valence-electron chi connectivity index (χ0n) is 14.3. The van der Waals surface area contributed by atoms with Gasteiger partial charge in [-0.25, -0.2) is 0 Å². The van der Waals surface area contributed by atoms with Gasteiger partial charge in [-0.1, -0.05) is 24.3 Å². The van der Waals surface area contributed by atoms with E-state index in [9.17, 15) is 0 Å². The molecule has 2 fully saturated rings. The fourth-order valence-electron chi connectivity index (χ4n) is 4.32. The van der Waals surface area contributed by atoms with E-state index in [0.29, 0.717) is 24.2 Å². The Bertz CT molecular complexity index is 592. The Kier molecular flexibility index (Phi) is 6.02. The highest BCUT2D eigenvalue weighted by Crippen LogP contribution is 2.35. The molecule has 2 saturated heterocycles. The number of ether oxygens (including phenoxy) is 1. The summed E-state index contributed by atoms with van der Waals surface area (Å²) < 4.78 is 5.94. The zero-order chi connectivity index (χ0) is 15.6. The number of aliphatic imine (C=N–C) groups is 1. The van der Waals surface area contributed by atoms with Crippen LogP contribution in [0.15, 0.2) is 29.3 Å². The molecule has 0 saturated carbocycles. The van der Waals surface area contributed by atoms with E-state index in [4.69, 9.17) is 9.73 Å². The van der Waals surface area contributed by atoms with Crippen molar-refractivity contribution in [1.29, 1.82) is 0 Å². The molecular formula is C19H28IN3O. The van der Waals surface area contributed by atoms with Crippen molar-refractivity contribution in [1.82, 2.24) is 10.6 Å². The van der Waals surface area contributed by atoms with Crippen LogP contribution in [0.3, 0.4) is 0 Å². The molecule has 1 aromatic rings. The normalized spacial score (nSPS) is 30.8. The van der Waals surface area contributed by atoms with E-state index in [1.54, 1.807) is 0 Å². The fourth-order valence-corrected chi connectivity index (χ4v) is 4.32. The first-order valence-corrected chi connectivity index (χ1v) is 9.11. The summed E-state index contributed by atoms with van der Waals surface area (Å²) in [5.74, 6) is 1.52. The Balaban J connectivity index is 0.00000169. The van der Waals surface area contributed by atoms with Gasteiger partial charge < -0.3 is 15.4 Å². The number of rotatable bonds is 4. The lowest BCUT2D eigenvalue weighted by Gasteiger charge is -2.23. The number of guanidine groups is 1. The summed E-state index contributed by atoms with van der Waals surface area (Å²) in [4.78, 5) is 4.88. The average molecular weight is 441 g/mol. The highest BCUT2D eigenvalue weighted by molar-refractivity contribution is 14.0. The van der Waals surface area contributed by atoms with Crippen LogP contribution in [0.4, 0.5) is 0 Å². The summed E-state index contributed by atoms with van der Waals surface area (Å²) in [6.45, 7) is 3.89. The number of hydrogen-bond acceptors (Lipinski definition) is 2. The molecule has 4 rings (SSSR count). The van der Waals surface area contributed by atoms with Crippen LogP contribution < -0.4 is 10.6 Å². The van der Waals surface area contributed by atoms with Crippen molar-refractivity contribution in [2.24, 2.45) is 4.99 Å². The van der Waals surface area contributed by atoms with Gasteiger partial charge in [0.25, 0.3) is 0 Å². The number of nitrogens with zero attached hydrogens (tertiary/aromatic N) is 1. The summed E-state index contributed by atoms with van der Waals surface area (Å²) in [6.07, 6.45) is 6.83. The Hall–Kier alpha value is -0.820. The van der Waals surface area contributed by atoms with Gasteiger partial charge in [-0.2, -0.15) is 0 Å². The van der Waals surface area contributed by atoms with Crippen molar-refractivity contribution in [2.75, 3.05) is 13.1 Å². The van der Waals surface area contributed by atoms with Gasteiger partial charge in [-0.3, -0.25) is 4.99 Å². The van der Waals surface area contributed by atoms with Crippen LogP contribution in [-0.4, -0.2) is 37.3 Å². The van der Waals surface area contributed by atoms with Gasteiger partial charge in [0.05, 0.1) is 18.2 Å². The minimum atomic E-state index is 0. The van der Waals surface area contributed by atoms with Crippen LogP contribution in [0.1, 0.15) is 49.7 Å². The minimum absolute atomic E-state index is 0. The molecule has 4 unspecified atom stereocenters. The second-order valence-electron chi connectivity index (χ2n) is 7.01. The summed E-state index contributed by atoms with van der Waals surface area (Å²) in [7, 11) is 0. The molecule has 24 heavy (non-hydrogen) atoms. The lowest BCUT2D eigenvalue weighted by atomic mass is 9.96. The largest absolute Gasteiger partial charge is 0.373 e. The maximum Gasteiger partial charge on any atom is 0.191 e. The van der Waals surface area contributed by atoms with Crippen LogP contribution >= 0.6 is 24.0 Å². The predicted octanol–water partition coefficient (Wildman–Crippen LogP) is 3.21. The van der Waals surface area contributed by atoms with Gasteiger partial charge in [-0.15, -0.1) is 24.0 Å². The third kappa shape index (κ3) is 3.72. The fraction of sp³-hybridized carbons (Fsp3) is 0.632. The molecule has 2 aliphatic heterocycles. The number of hydrogen-bond donors (Lipinski definition) is 2. The molecule has 1 aromatic carbocycles. The minimum Gasteiger partial charge on any atom is -0.373 e. The first-order valence-electron chi connectivity index (χ1n) is 9.11. The second kappa shape index (κ2) is 8.04. The molecule has 0 amide bonds. The van der Waals surface area contributed by atoms with E-state index >= 15 is 0 Å². The summed E-state index contributed by atoms with van der Waals surface area (Å²) in [5.41, 5.74) is 3.00. The average Bonchev–Trinajstić information content (AvgIpc) is 3.28.